The minimum Gasteiger partial charge on any atom is -0.440 e. The molecule has 0 atom stereocenters. The molecule has 130 valence electrons. The summed E-state index contributed by atoms with van der Waals surface area (Å²) >= 11 is 1.58. The van der Waals surface area contributed by atoms with Crippen LogP contribution in [0, 0.1) is 0 Å². The molecule has 1 fully saturated rings. The number of hydrogen-bond acceptors (Lipinski definition) is 4. The van der Waals surface area contributed by atoms with Gasteiger partial charge in [0, 0.05) is 23.7 Å². The number of likely N-dealkylation sites (tertiary alicyclic amines) is 1. The number of amides is 1. The monoisotopic (exact) mass is 362 g/mol. The van der Waals surface area contributed by atoms with Crippen LogP contribution in [-0.4, -0.2) is 28.9 Å². The van der Waals surface area contributed by atoms with E-state index in [-0.39, 0.29) is 11.8 Å². The fourth-order valence-electron chi connectivity index (χ4n) is 3.64. The first-order chi connectivity index (χ1) is 12.8. The number of thiophene rings is 1. The molecule has 2 aromatic heterocycles. The zero-order valence-electron chi connectivity index (χ0n) is 14.2. The third-order valence-corrected chi connectivity index (χ3v) is 6.18. The summed E-state index contributed by atoms with van der Waals surface area (Å²) in [5.74, 6) is 1.23. The highest BCUT2D eigenvalue weighted by Gasteiger charge is 2.28. The molecule has 1 saturated heterocycles. The summed E-state index contributed by atoms with van der Waals surface area (Å²) < 4.78 is 7.08. The lowest BCUT2D eigenvalue weighted by Crippen LogP contribution is -2.37. The Labute approximate surface area is 155 Å². The number of oxazole rings is 1. The molecule has 4 aromatic rings. The van der Waals surface area contributed by atoms with Crippen molar-refractivity contribution in [3.05, 3.63) is 65.4 Å². The van der Waals surface area contributed by atoms with Gasteiger partial charge < -0.3 is 9.32 Å². The summed E-state index contributed by atoms with van der Waals surface area (Å²) in [5, 5.41) is 1.14. The van der Waals surface area contributed by atoms with Gasteiger partial charge in [-0.3, -0.25) is 4.79 Å². The number of hydrogen-bond donors (Lipinski definition) is 0. The average molecular weight is 362 g/mol. The van der Waals surface area contributed by atoms with E-state index in [0.29, 0.717) is 0 Å². The fourth-order valence-corrected chi connectivity index (χ4v) is 4.67. The Hall–Kier alpha value is -2.66. The predicted molar refractivity (Wildman–Crippen MR) is 104 cm³/mol. The second-order valence-electron chi connectivity index (χ2n) is 6.73. The summed E-state index contributed by atoms with van der Waals surface area (Å²) in [6.07, 6.45) is 1.78. The molecule has 0 spiro atoms. The lowest BCUT2D eigenvalue weighted by molar-refractivity contribution is 0.0711. The van der Waals surface area contributed by atoms with Crippen LogP contribution in [0.3, 0.4) is 0 Å². The fraction of sp³-hybridized carbons (Fsp3) is 0.238. The van der Waals surface area contributed by atoms with Crippen LogP contribution in [0.2, 0.25) is 0 Å². The van der Waals surface area contributed by atoms with Crippen molar-refractivity contribution in [2.24, 2.45) is 0 Å². The van der Waals surface area contributed by atoms with Gasteiger partial charge >= 0.3 is 0 Å². The summed E-state index contributed by atoms with van der Waals surface area (Å²) in [7, 11) is 0. The van der Waals surface area contributed by atoms with Crippen molar-refractivity contribution >= 4 is 38.4 Å². The Morgan fingerprint density at radius 1 is 1.08 bits per heavy atom. The van der Waals surface area contributed by atoms with Crippen LogP contribution < -0.4 is 0 Å². The number of carbonyl (C=O) groups is 1. The zero-order valence-corrected chi connectivity index (χ0v) is 15.0. The molecule has 2 aromatic carbocycles. The molecular formula is C21H18N2O2S. The van der Waals surface area contributed by atoms with Crippen LogP contribution in [0.25, 0.3) is 21.2 Å². The van der Waals surface area contributed by atoms with Crippen molar-refractivity contribution in [3.63, 3.8) is 0 Å². The van der Waals surface area contributed by atoms with Crippen LogP contribution in [0.5, 0.6) is 0 Å². The molecule has 1 amide bonds. The highest BCUT2D eigenvalue weighted by Crippen LogP contribution is 2.32. The lowest BCUT2D eigenvalue weighted by Gasteiger charge is -2.30. The van der Waals surface area contributed by atoms with Gasteiger partial charge in [-0.05, 0) is 42.5 Å². The first-order valence-corrected chi connectivity index (χ1v) is 9.73. The van der Waals surface area contributed by atoms with Crippen molar-refractivity contribution in [2.45, 2.75) is 18.8 Å². The molecule has 0 saturated carbocycles. The molecule has 3 heterocycles. The number of benzene rings is 2. The molecule has 0 aliphatic carbocycles. The van der Waals surface area contributed by atoms with Crippen molar-refractivity contribution in [2.75, 3.05) is 13.1 Å². The molecule has 0 radical (unpaired) electrons. The molecule has 26 heavy (non-hydrogen) atoms. The van der Waals surface area contributed by atoms with Gasteiger partial charge in [-0.1, -0.05) is 30.3 Å². The summed E-state index contributed by atoms with van der Waals surface area (Å²) in [4.78, 5) is 20.3. The van der Waals surface area contributed by atoms with E-state index in [2.05, 4.69) is 17.1 Å². The molecule has 5 heteroatoms. The van der Waals surface area contributed by atoms with Crippen molar-refractivity contribution < 1.29 is 9.21 Å². The number of fused-ring (bicyclic) bond motifs is 2. The van der Waals surface area contributed by atoms with E-state index < -0.39 is 0 Å². The maximum atomic E-state index is 12.9. The summed E-state index contributed by atoms with van der Waals surface area (Å²) in [5.41, 5.74) is 1.75. The van der Waals surface area contributed by atoms with E-state index in [0.717, 1.165) is 57.9 Å². The molecule has 0 unspecified atom stereocenters. The van der Waals surface area contributed by atoms with Gasteiger partial charge in [0.15, 0.2) is 11.5 Å². The Morgan fingerprint density at radius 3 is 2.65 bits per heavy atom. The van der Waals surface area contributed by atoms with E-state index in [9.17, 15) is 4.79 Å². The van der Waals surface area contributed by atoms with Crippen LogP contribution in [0.1, 0.15) is 34.3 Å². The van der Waals surface area contributed by atoms with Gasteiger partial charge in [0.1, 0.15) is 5.52 Å². The summed E-state index contributed by atoms with van der Waals surface area (Å²) in [6, 6.07) is 18.0. The minimum atomic E-state index is 0.141. The van der Waals surface area contributed by atoms with E-state index in [1.54, 1.807) is 11.3 Å². The van der Waals surface area contributed by atoms with Crippen molar-refractivity contribution in [3.8, 4) is 0 Å². The highest BCUT2D eigenvalue weighted by atomic mass is 32.1. The van der Waals surface area contributed by atoms with Gasteiger partial charge in [0.05, 0.1) is 4.88 Å². The largest absolute Gasteiger partial charge is 0.440 e. The lowest BCUT2D eigenvalue weighted by atomic mass is 9.96. The quantitative estimate of drug-likeness (QED) is 0.500. The van der Waals surface area contributed by atoms with Crippen molar-refractivity contribution in [1.29, 1.82) is 0 Å². The minimum absolute atomic E-state index is 0.141. The number of aromatic nitrogens is 1. The Bertz CT molecular complexity index is 1020. The molecule has 0 bridgehead atoms. The van der Waals surface area contributed by atoms with Crippen LogP contribution in [0.4, 0.5) is 0 Å². The SMILES string of the molecule is O=C(c1cc2ccccc2s1)N1CCC(c2nc3ccccc3o2)CC1. The molecular weight excluding hydrogens is 344 g/mol. The standard InChI is InChI=1S/C21H18N2O2S/c24-21(19-13-15-5-1-4-8-18(15)26-19)23-11-9-14(10-12-23)20-22-16-6-2-3-7-17(16)25-20/h1-8,13-14H,9-12H2. The Kier molecular flexibility index (Phi) is 3.75. The third-order valence-electron chi connectivity index (χ3n) is 5.08. The number of para-hydroxylation sites is 2. The van der Waals surface area contributed by atoms with E-state index in [4.69, 9.17) is 4.42 Å². The van der Waals surface area contributed by atoms with E-state index >= 15 is 0 Å². The zero-order chi connectivity index (χ0) is 17.5. The molecule has 5 rings (SSSR count). The normalized spacial score (nSPS) is 15.8. The molecule has 1 aliphatic heterocycles. The maximum absolute atomic E-state index is 12.9. The van der Waals surface area contributed by atoms with E-state index in [1.807, 2.05) is 47.4 Å². The van der Waals surface area contributed by atoms with E-state index in [1.165, 1.54) is 0 Å². The van der Waals surface area contributed by atoms with Gasteiger partial charge in [-0.15, -0.1) is 11.3 Å². The first-order valence-electron chi connectivity index (χ1n) is 8.91. The smallest absolute Gasteiger partial charge is 0.263 e. The van der Waals surface area contributed by atoms with Gasteiger partial charge in [-0.25, -0.2) is 4.98 Å². The Morgan fingerprint density at radius 2 is 1.85 bits per heavy atom. The molecule has 0 N–H and O–H groups in total. The maximum Gasteiger partial charge on any atom is 0.263 e. The highest BCUT2D eigenvalue weighted by molar-refractivity contribution is 7.20. The number of carbonyl (C=O) groups excluding carboxylic acids is 1. The van der Waals surface area contributed by atoms with Gasteiger partial charge in [0.25, 0.3) is 5.91 Å². The molecule has 4 nitrogen and oxygen atoms in total. The van der Waals surface area contributed by atoms with Crippen LogP contribution >= 0.6 is 11.3 Å². The predicted octanol–water partition coefficient (Wildman–Crippen LogP) is 5.06. The van der Waals surface area contributed by atoms with Gasteiger partial charge in [-0.2, -0.15) is 0 Å². The van der Waals surface area contributed by atoms with Crippen LogP contribution in [0.15, 0.2) is 59.0 Å². The summed E-state index contributed by atoms with van der Waals surface area (Å²) in [6.45, 7) is 1.49. The van der Waals surface area contributed by atoms with Crippen molar-refractivity contribution in [1.82, 2.24) is 9.88 Å². The second-order valence-corrected chi connectivity index (χ2v) is 7.82. The number of nitrogens with zero attached hydrogens (tertiary/aromatic N) is 2. The Balaban J connectivity index is 1.31. The molecule has 1 aliphatic rings. The second kappa shape index (κ2) is 6.25. The van der Waals surface area contributed by atoms with Crippen LogP contribution in [-0.2, 0) is 0 Å². The van der Waals surface area contributed by atoms with Gasteiger partial charge in [0.2, 0.25) is 0 Å². The third kappa shape index (κ3) is 2.69. The first kappa shape index (κ1) is 15.6. The topological polar surface area (TPSA) is 46.3 Å². The number of rotatable bonds is 2. The average Bonchev–Trinajstić information content (AvgIpc) is 3.31. The number of piperidine rings is 1.